The Hall–Kier alpha value is -6.48. The number of rotatable bonds is 13. The van der Waals surface area contributed by atoms with E-state index >= 15 is 0 Å². The number of nitrogens with one attached hydrogen (secondary N) is 2. The Labute approximate surface area is 395 Å². The number of hydrogen-bond acceptors (Lipinski definition) is 12. The van der Waals surface area contributed by atoms with Gasteiger partial charge in [0, 0.05) is 19.9 Å². The van der Waals surface area contributed by atoms with Crippen molar-refractivity contribution in [2.75, 3.05) is 19.0 Å². The quantitative estimate of drug-likeness (QED) is 0.106. The summed E-state index contributed by atoms with van der Waals surface area (Å²) in [4.78, 5) is 43.9. The number of ether oxygens (including phenoxy) is 4. The number of sulfonamides is 1. The van der Waals surface area contributed by atoms with Crippen LogP contribution in [-0.2, 0) is 55.1 Å². The van der Waals surface area contributed by atoms with Crippen molar-refractivity contribution in [3.63, 3.8) is 0 Å². The van der Waals surface area contributed by atoms with E-state index in [9.17, 15) is 22.8 Å². The van der Waals surface area contributed by atoms with E-state index in [0.717, 1.165) is 37.9 Å². The third-order valence-electron chi connectivity index (χ3n) is 11.1. The first-order chi connectivity index (χ1) is 31.7. The Bertz CT molecular complexity index is 2980. The minimum absolute atomic E-state index is 0.0461. The summed E-state index contributed by atoms with van der Waals surface area (Å²) in [6.45, 7) is 3.02. The summed E-state index contributed by atoms with van der Waals surface area (Å²) in [5.41, 5.74) is 6.07. The van der Waals surface area contributed by atoms with E-state index in [1.165, 1.54) is 21.0 Å². The van der Waals surface area contributed by atoms with Crippen LogP contribution >= 0.6 is 34.5 Å². The Morgan fingerprint density at radius 2 is 1.61 bits per heavy atom. The van der Waals surface area contributed by atoms with E-state index in [1.807, 2.05) is 66.7 Å². The van der Waals surface area contributed by atoms with Gasteiger partial charge in [-0.2, -0.15) is 9.57 Å². The molecular formula is C48H41Cl2N5O9S2. The maximum atomic E-state index is 14.7. The molecule has 2 aliphatic heterocycles. The number of amides is 2. The van der Waals surface area contributed by atoms with Gasteiger partial charge >= 0.3 is 5.97 Å². The smallest absolute Gasteiger partial charge is 0.328 e. The zero-order chi connectivity index (χ0) is 46.7. The second-order valence-corrected chi connectivity index (χ2v) is 19.5. The molecule has 5 aromatic carbocycles. The third kappa shape index (κ3) is 10.2. The maximum Gasteiger partial charge on any atom is 0.328 e. The fourth-order valence-electron chi connectivity index (χ4n) is 7.68. The molecular weight excluding hydrogens is 926 g/mol. The number of aryl methyl sites for hydroxylation is 1. The zero-order valence-corrected chi connectivity index (χ0v) is 38.8. The number of halogens is 2. The third-order valence-corrected chi connectivity index (χ3v) is 15.3. The minimum Gasteiger partial charge on any atom is -0.489 e. The topological polar surface area (TPSA) is 186 Å². The van der Waals surface area contributed by atoms with Crippen molar-refractivity contribution in [3.8, 4) is 34.4 Å². The van der Waals surface area contributed by atoms with E-state index < -0.39 is 46.0 Å². The first-order valence-corrected chi connectivity index (χ1v) is 23.6. The second kappa shape index (κ2) is 19.5. The number of carbonyl (C=O) groups is 3. The van der Waals surface area contributed by atoms with Gasteiger partial charge in [-0.05, 0) is 101 Å². The summed E-state index contributed by atoms with van der Waals surface area (Å²) in [6, 6.07) is 30.3. The Morgan fingerprint density at radius 3 is 2.27 bits per heavy atom. The molecule has 0 saturated carbocycles. The van der Waals surface area contributed by atoms with Gasteiger partial charge in [-0.3, -0.25) is 9.59 Å². The van der Waals surface area contributed by atoms with E-state index in [4.69, 9.17) is 47.4 Å². The van der Waals surface area contributed by atoms with Crippen molar-refractivity contribution in [1.29, 1.82) is 5.26 Å². The van der Waals surface area contributed by atoms with Gasteiger partial charge in [0.2, 0.25) is 11.8 Å². The van der Waals surface area contributed by atoms with Gasteiger partial charge < -0.3 is 29.6 Å². The summed E-state index contributed by atoms with van der Waals surface area (Å²) in [5, 5.41) is 15.5. The van der Waals surface area contributed by atoms with Crippen molar-refractivity contribution < 1.29 is 41.7 Å². The minimum atomic E-state index is -4.46. The fraction of sp³-hybridized carbons (Fsp3) is 0.229. The molecule has 1 aromatic heterocycles. The van der Waals surface area contributed by atoms with Crippen molar-refractivity contribution in [1.82, 2.24) is 14.6 Å². The highest BCUT2D eigenvalue weighted by Gasteiger charge is 2.43. The molecule has 0 fully saturated rings. The SMILES string of the molecule is COC(=O)C(Cc1ccc(-c2ccc(C#N)cc2)cc1)NC(=O)[C@H]1Cc2cc3c(cc2CN1S(=O)(=O)c1sc(NC(C)=O)nc1C)O[C@@H](c1ccc(OCc2ccc(Cl)c(Cl)c2)cc1)CO3. The lowest BCUT2D eigenvalue weighted by atomic mass is 9.93. The number of thiazole rings is 1. The van der Waals surface area contributed by atoms with Gasteiger partial charge in [-0.1, -0.05) is 89.1 Å². The number of methoxy groups -OCH3 is 1. The molecule has 66 heavy (non-hydrogen) atoms. The van der Waals surface area contributed by atoms with E-state index in [-0.39, 0.29) is 47.6 Å². The highest BCUT2D eigenvalue weighted by molar-refractivity contribution is 7.91. The van der Waals surface area contributed by atoms with Crippen LogP contribution in [0.25, 0.3) is 11.1 Å². The van der Waals surface area contributed by atoms with Crippen molar-refractivity contribution >= 4 is 67.5 Å². The van der Waals surface area contributed by atoms with Crippen LogP contribution < -0.4 is 24.8 Å². The average molecular weight is 967 g/mol. The van der Waals surface area contributed by atoms with Crippen LogP contribution in [0.1, 0.15) is 52.1 Å². The molecule has 2 aliphatic rings. The lowest BCUT2D eigenvalue weighted by molar-refractivity contribution is -0.145. The highest BCUT2D eigenvalue weighted by Crippen LogP contribution is 2.42. The molecule has 0 radical (unpaired) electrons. The molecule has 18 heteroatoms. The first-order valence-electron chi connectivity index (χ1n) is 20.6. The van der Waals surface area contributed by atoms with Gasteiger partial charge in [0.05, 0.1) is 34.5 Å². The Kier molecular flexibility index (Phi) is 13.6. The molecule has 1 unspecified atom stereocenters. The molecule has 0 aliphatic carbocycles. The summed E-state index contributed by atoms with van der Waals surface area (Å²) < 4.78 is 54.1. The highest BCUT2D eigenvalue weighted by atomic mass is 35.5. The van der Waals surface area contributed by atoms with Gasteiger partial charge in [0.15, 0.2) is 26.9 Å². The van der Waals surface area contributed by atoms with Crippen LogP contribution in [0.3, 0.4) is 0 Å². The predicted molar refractivity (Wildman–Crippen MR) is 248 cm³/mol. The normalized spacial score (nSPS) is 16.0. The molecule has 6 aromatic rings. The molecule has 338 valence electrons. The van der Waals surface area contributed by atoms with Crippen LogP contribution in [0.4, 0.5) is 5.13 Å². The molecule has 0 saturated heterocycles. The van der Waals surface area contributed by atoms with E-state index in [0.29, 0.717) is 49.5 Å². The van der Waals surface area contributed by atoms with Crippen LogP contribution in [0.15, 0.2) is 107 Å². The molecule has 2 N–H and O–H groups in total. The number of benzene rings is 5. The number of fused-ring (bicyclic) bond motifs is 2. The van der Waals surface area contributed by atoms with Crippen LogP contribution in [0.2, 0.25) is 10.0 Å². The molecule has 14 nitrogen and oxygen atoms in total. The number of nitrogens with zero attached hydrogens (tertiary/aromatic N) is 3. The van der Waals surface area contributed by atoms with E-state index in [2.05, 4.69) is 21.7 Å². The van der Waals surface area contributed by atoms with Crippen molar-refractivity contribution in [2.24, 2.45) is 0 Å². The fourth-order valence-corrected chi connectivity index (χ4v) is 11.1. The second-order valence-electron chi connectivity index (χ2n) is 15.6. The Morgan fingerprint density at radius 1 is 0.924 bits per heavy atom. The van der Waals surface area contributed by atoms with Gasteiger partial charge in [-0.25, -0.2) is 18.2 Å². The first kappa shape index (κ1) is 46.1. The molecule has 3 heterocycles. The van der Waals surface area contributed by atoms with Crippen LogP contribution in [0, 0.1) is 18.3 Å². The van der Waals surface area contributed by atoms with Crippen LogP contribution in [-0.4, -0.2) is 61.3 Å². The van der Waals surface area contributed by atoms with Crippen molar-refractivity contribution in [3.05, 3.63) is 152 Å². The average Bonchev–Trinajstić information content (AvgIpc) is 3.70. The number of carbonyl (C=O) groups excluding carboxylic acids is 3. The summed E-state index contributed by atoms with van der Waals surface area (Å²) in [5.74, 6) is -0.422. The van der Waals surface area contributed by atoms with Crippen LogP contribution in [0.5, 0.6) is 17.2 Å². The number of esters is 1. The number of aromatic nitrogens is 1. The summed E-state index contributed by atoms with van der Waals surface area (Å²) in [6.07, 6.45) is -0.533. The summed E-state index contributed by atoms with van der Waals surface area (Å²) in [7, 11) is -3.25. The predicted octanol–water partition coefficient (Wildman–Crippen LogP) is 8.36. The lowest BCUT2D eigenvalue weighted by Crippen LogP contribution is -2.56. The molecule has 0 spiro atoms. The molecule has 2 amide bonds. The lowest BCUT2D eigenvalue weighted by Gasteiger charge is -2.36. The number of anilines is 1. The molecule has 0 bridgehead atoms. The van der Waals surface area contributed by atoms with Gasteiger partial charge in [0.25, 0.3) is 10.0 Å². The summed E-state index contributed by atoms with van der Waals surface area (Å²) >= 11 is 13.0. The maximum absolute atomic E-state index is 14.7. The monoisotopic (exact) mass is 965 g/mol. The number of nitriles is 1. The standard InChI is InChI=1S/C48H41Cl2N5O9S2/c1-27-47(65-48(52-27)53-28(2)56)66(59,60)55-24-36-22-43-42(63-26-44(64-43)34-13-15-37(16-14-34)62-25-31-8-17-38(49)39(50)18-31)21-35(36)20-41(55)45(57)54-40(46(58)61-3)19-29-4-9-32(10-5-29)33-11-6-30(23-51)7-12-33/h4-18,21-22,40-41,44H,19-20,24-26H2,1-3H3,(H,54,57)(H,52,53,56)/t40?,41-,44-/m1/s1. The van der Waals surface area contributed by atoms with Gasteiger partial charge in [-0.15, -0.1) is 0 Å². The largest absolute Gasteiger partial charge is 0.489 e. The molecule has 3 atom stereocenters. The van der Waals surface area contributed by atoms with Crippen molar-refractivity contribution in [2.45, 2.75) is 62.2 Å². The van der Waals surface area contributed by atoms with Gasteiger partial charge in [0.1, 0.15) is 31.0 Å². The number of hydrogen-bond donors (Lipinski definition) is 2. The van der Waals surface area contributed by atoms with E-state index in [1.54, 1.807) is 36.4 Å². The molecule has 8 rings (SSSR count). The zero-order valence-electron chi connectivity index (χ0n) is 35.7. The Balaban J connectivity index is 1.04.